The quantitative estimate of drug-likeness (QED) is 0.252. The van der Waals surface area contributed by atoms with Gasteiger partial charge in [0.2, 0.25) is 20.7 Å². The van der Waals surface area contributed by atoms with Crippen molar-refractivity contribution in [2.24, 2.45) is 5.14 Å². The Labute approximate surface area is 232 Å². The fraction of sp³-hybridized carbons (Fsp3) is 0.240. The van der Waals surface area contributed by atoms with Crippen molar-refractivity contribution in [2.75, 3.05) is 11.1 Å². The number of carbonyl (C=O) groups is 1. The van der Waals surface area contributed by atoms with Gasteiger partial charge in [0.15, 0.2) is 5.16 Å². The molecule has 1 aliphatic carbocycles. The number of carbonyl (C=O) groups excluding carboxylic acids is 1. The van der Waals surface area contributed by atoms with Gasteiger partial charge >= 0.3 is 0 Å². The van der Waals surface area contributed by atoms with E-state index in [0.29, 0.717) is 32.1 Å². The second kappa shape index (κ2) is 10.4. The maximum Gasteiger partial charge on any atom is 0.238 e. The summed E-state index contributed by atoms with van der Waals surface area (Å²) >= 11 is 11.6. The lowest BCUT2D eigenvalue weighted by molar-refractivity contribution is -0.113. The van der Waals surface area contributed by atoms with Gasteiger partial charge in [0, 0.05) is 11.1 Å². The Morgan fingerprint density at radius 3 is 2.57 bits per heavy atom. The number of primary sulfonamides is 1. The fourth-order valence-electron chi connectivity index (χ4n) is 4.44. The molecule has 1 saturated carbocycles. The standard InChI is InChI=1S/C25H23BrClN5O3S2/c1-14-11-16(37(28,34)35)9-10-21(14)29-22(33)13-36-25-31-30-24(26)32(25)23-18-8-3-2-7-17(18)19(12-20(23)27)15-5-4-6-15/h2-3,7-12,15H,4-6,13H2,1H3,(H,29,33)(H2,28,34,35). The summed E-state index contributed by atoms with van der Waals surface area (Å²) in [7, 11) is -3.82. The normalized spacial score (nSPS) is 14.1. The molecule has 1 fully saturated rings. The van der Waals surface area contributed by atoms with Gasteiger partial charge in [-0.1, -0.05) is 54.0 Å². The van der Waals surface area contributed by atoms with Crippen LogP contribution in [0.4, 0.5) is 5.69 Å². The number of nitrogens with zero attached hydrogens (tertiary/aromatic N) is 3. The van der Waals surface area contributed by atoms with Crippen molar-refractivity contribution in [3.8, 4) is 5.69 Å². The first-order valence-corrected chi connectivity index (χ1v) is 15.2. The van der Waals surface area contributed by atoms with Gasteiger partial charge in [-0.25, -0.2) is 13.6 Å². The van der Waals surface area contributed by atoms with Crippen LogP contribution in [0.15, 0.2) is 63.3 Å². The van der Waals surface area contributed by atoms with Crippen molar-refractivity contribution >= 4 is 71.7 Å². The Bertz CT molecular complexity index is 1640. The zero-order chi connectivity index (χ0) is 26.3. The van der Waals surface area contributed by atoms with Crippen LogP contribution < -0.4 is 10.5 Å². The van der Waals surface area contributed by atoms with E-state index in [0.717, 1.165) is 29.3 Å². The van der Waals surface area contributed by atoms with E-state index < -0.39 is 10.0 Å². The molecular formula is C25H23BrClN5O3S2. The average Bonchev–Trinajstić information content (AvgIpc) is 3.17. The topological polar surface area (TPSA) is 120 Å². The van der Waals surface area contributed by atoms with Gasteiger partial charge in [0.1, 0.15) is 0 Å². The van der Waals surface area contributed by atoms with Crippen LogP contribution in [0.2, 0.25) is 5.02 Å². The molecule has 1 aliphatic rings. The number of amides is 1. The predicted molar refractivity (Wildman–Crippen MR) is 150 cm³/mol. The lowest BCUT2D eigenvalue weighted by Crippen LogP contribution is -2.16. The smallest absolute Gasteiger partial charge is 0.238 e. The number of halogens is 2. The number of fused-ring (bicyclic) bond motifs is 1. The minimum Gasteiger partial charge on any atom is -0.325 e. The Morgan fingerprint density at radius 2 is 1.92 bits per heavy atom. The minimum atomic E-state index is -3.82. The van der Waals surface area contributed by atoms with Crippen LogP contribution in [-0.2, 0) is 14.8 Å². The Hall–Kier alpha value is -2.44. The van der Waals surface area contributed by atoms with Gasteiger partial charge in [0.25, 0.3) is 0 Å². The van der Waals surface area contributed by atoms with Gasteiger partial charge in [-0.2, -0.15) is 0 Å². The van der Waals surface area contributed by atoms with Crippen LogP contribution in [0, 0.1) is 6.92 Å². The third kappa shape index (κ3) is 5.28. The van der Waals surface area contributed by atoms with E-state index in [1.54, 1.807) is 6.92 Å². The average molecular weight is 621 g/mol. The van der Waals surface area contributed by atoms with Crippen molar-refractivity contribution in [1.82, 2.24) is 14.8 Å². The van der Waals surface area contributed by atoms with E-state index in [4.69, 9.17) is 16.7 Å². The largest absolute Gasteiger partial charge is 0.325 e. The summed E-state index contributed by atoms with van der Waals surface area (Å²) in [6.45, 7) is 1.70. The molecule has 8 nitrogen and oxygen atoms in total. The molecule has 0 unspecified atom stereocenters. The second-order valence-corrected chi connectivity index (χ2v) is 12.5. The number of hydrogen-bond donors (Lipinski definition) is 2. The molecule has 0 bridgehead atoms. The fourth-order valence-corrected chi connectivity index (χ4v) is 6.62. The number of hydrogen-bond acceptors (Lipinski definition) is 6. The van der Waals surface area contributed by atoms with Gasteiger partial charge in [0.05, 0.1) is 21.4 Å². The number of aromatic nitrogens is 3. The lowest BCUT2D eigenvalue weighted by Gasteiger charge is -2.28. The first kappa shape index (κ1) is 26.2. The van der Waals surface area contributed by atoms with Gasteiger partial charge in [-0.3, -0.25) is 9.36 Å². The molecule has 3 N–H and O–H groups in total. The van der Waals surface area contributed by atoms with Crippen LogP contribution in [0.25, 0.3) is 16.5 Å². The third-order valence-electron chi connectivity index (χ3n) is 6.50. The number of nitrogens with two attached hydrogens (primary N) is 1. The van der Waals surface area contributed by atoms with Crippen molar-refractivity contribution in [1.29, 1.82) is 0 Å². The summed E-state index contributed by atoms with van der Waals surface area (Å²) in [6, 6.07) is 14.5. The number of anilines is 1. The highest BCUT2D eigenvalue weighted by Crippen LogP contribution is 2.44. The molecule has 1 aromatic heterocycles. The number of aryl methyl sites for hydroxylation is 1. The zero-order valence-corrected chi connectivity index (χ0v) is 23.7. The van der Waals surface area contributed by atoms with E-state index >= 15 is 0 Å². The Balaban J connectivity index is 1.41. The third-order valence-corrected chi connectivity index (χ3v) is 9.14. The maximum atomic E-state index is 12.7. The maximum absolute atomic E-state index is 12.7. The molecule has 0 aliphatic heterocycles. The molecule has 1 amide bonds. The number of rotatable bonds is 7. The molecule has 4 aromatic rings. The highest BCUT2D eigenvalue weighted by atomic mass is 79.9. The molecule has 1 heterocycles. The van der Waals surface area contributed by atoms with E-state index in [2.05, 4.69) is 37.5 Å². The van der Waals surface area contributed by atoms with Gasteiger partial charge in [-0.15, -0.1) is 10.2 Å². The first-order valence-electron chi connectivity index (χ1n) is 11.5. The molecule has 192 valence electrons. The monoisotopic (exact) mass is 619 g/mol. The van der Waals surface area contributed by atoms with Crippen molar-refractivity contribution < 1.29 is 13.2 Å². The molecule has 0 atom stereocenters. The lowest BCUT2D eigenvalue weighted by atomic mass is 9.78. The highest BCUT2D eigenvalue weighted by molar-refractivity contribution is 9.10. The van der Waals surface area contributed by atoms with Gasteiger partial charge < -0.3 is 5.32 Å². The van der Waals surface area contributed by atoms with Gasteiger partial charge in [-0.05, 0) is 82.4 Å². The molecule has 37 heavy (non-hydrogen) atoms. The molecular weight excluding hydrogens is 598 g/mol. The van der Waals surface area contributed by atoms with Crippen LogP contribution in [0.1, 0.15) is 36.3 Å². The number of sulfonamides is 1. The van der Waals surface area contributed by atoms with Crippen molar-refractivity contribution in [3.63, 3.8) is 0 Å². The summed E-state index contributed by atoms with van der Waals surface area (Å²) in [5, 5.41) is 19.7. The van der Waals surface area contributed by atoms with Crippen LogP contribution >= 0.6 is 39.3 Å². The summed E-state index contributed by atoms with van der Waals surface area (Å²) < 4.78 is 25.4. The molecule has 12 heteroatoms. The zero-order valence-electron chi connectivity index (χ0n) is 19.7. The van der Waals surface area contributed by atoms with E-state index in [9.17, 15) is 13.2 Å². The molecule has 0 spiro atoms. The number of nitrogens with one attached hydrogen (secondary N) is 1. The van der Waals surface area contributed by atoms with Crippen LogP contribution in [-0.4, -0.2) is 34.8 Å². The SMILES string of the molecule is Cc1cc(S(N)(=O)=O)ccc1NC(=O)CSc1nnc(Br)n1-c1c(Cl)cc(C2CCC2)c2ccccc12. The Morgan fingerprint density at radius 1 is 1.19 bits per heavy atom. The van der Waals surface area contributed by atoms with E-state index in [1.807, 2.05) is 28.8 Å². The summed E-state index contributed by atoms with van der Waals surface area (Å²) in [5.74, 6) is 0.288. The molecule has 0 saturated heterocycles. The predicted octanol–water partition coefficient (Wildman–Crippen LogP) is 5.79. The van der Waals surface area contributed by atoms with Crippen molar-refractivity contribution in [3.05, 3.63) is 69.4 Å². The first-order chi connectivity index (χ1) is 17.6. The highest BCUT2D eigenvalue weighted by Gasteiger charge is 2.25. The molecule has 5 rings (SSSR count). The van der Waals surface area contributed by atoms with Crippen LogP contribution in [0.5, 0.6) is 0 Å². The second-order valence-electron chi connectivity index (χ2n) is 8.92. The van der Waals surface area contributed by atoms with Crippen LogP contribution in [0.3, 0.4) is 0 Å². The van der Waals surface area contributed by atoms with E-state index in [1.165, 1.54) is 41.9 Å². The van der Waals surface area contributed by atoms with Crippen molar-refractivity contribution in [2.45, 2.75) is 42.2 Å². The number of benzene rings is 3. The molecule has 0 radical (unpaired) electrons. The summed E-state index contributed by atoms with van der Waals surface area (Å²) in [5.41, 5.74) is 3.11. The number of thioether (sulfide) groups is 1. The summed E-state index contributed by atoms with van der Waals surface area (Å²) in [6.07, 6.45) is 3.56. The summed E-state index contributed by atoms with van der Waals surface area (Å²) in [4.78, 5) is 12.7. The minimum absolute atomic E-state index is 0.0113. The Kier molecular flexibility index (Phi) is 7.34. The van der Waals surface area contributed by atoms with E-state index in [-0.39, 0.29) is 16.6 Å². The molecule has 3 aromatic carbocycles.